The summed E-state index contributed by atoms with van der Waals surface area (Å²) >= 11 is 0. The highest BCUT2D eigenvalue weighted by Crippen LogP contribution is 2.09. The molecule has 1 aromatic carbocycles. The number of nitrogens with one attached hydrogen (secondary N) is 1. The zero-order chi connectivity index (χ0) is 13.2. The molecule has 0 heterocycles. The minimum Gasteiger partial charge on any atom is -0.449 e. The van der Waals surface area contributed by atoms with Crippen LogP contribution in [0.25, 0.3) is 0 Å². The van der Waals surface area contributed by atoms with Gasteiger partial charge in [0.1, 0.15) is 0 Å². The highest BCUT2D eigenvalue weighted by Gasteiger charge is 2.02. The molecule has 0 spiro atoms. The molecule has 1 rings (SSSR count). The van der Waals surface area contributed by atoms with E-state index in [9.17, 15) is 4.79 Å². The lowest BCUT2D eigenvalue weighted by atomic mass is 10.2. The van der Waals surface area contributed by atoms with Crippen LogP contribution in [0.15, 0.2) is 24.3 Å². The maximum atomic E-state index is 11.5. The van der Waals surface area contributed by atoms with Crippen LogP contribution in [-0.4, -0.2) is 12.7 Å². The summed E-state index contributed by atoms with van der Waals surface area (Å²) in [5.41, 5.74) is 1.95. The van der Waals surface area contributed by atoms with Gasteiger partial charge in [0.15, 0.2) is 0 Å². The summed E-state index contributed by atoms with van der Waals surface area (Å²) in [7, 11) is 0. The van der Waals surface area contributed by atoms with Crippen molar-refractivity contribution in [1.29, 1.82) is 0 Å². The number of benzene rings is 1. The van der Waals surface area contributed by atoms with Crippen molar-refractivity contribution in [2.45, 2.75) is 46.0 Å². The van der Waals surface area contributed by atoms with Crippen molar-refractivity contribution in [3.63, 3.8) is 0 Å². The van der Waals surface area contributed by atoms with Gasteiger partial charge in [-0.2, -0.15) is 0 Å². The number of rotatable bonds is 7. The fraction of sp³-hybridized carbons (Fsp3) is 0.533. The number of aryl methyl sites for hydroxylation is 1. The molecule has 0 fully saturated rings. The molecule has 100 valence electrons. The van der Waals surface area contributed by atoms with Crippen molar-refractivity contribution < 1.29 is 9.53 Å². The van der Waals surface area contributed by atoms with Gasteiger partial charge in [0.2, 0.25) is 0 Å². The third kappa shape index (κ3) is 6.28. The molecule has 0 aliphatic heterocycles. The average Bonchev–Trinajstić information content (AvgIpc) is 2.36. The Morgan fingerprint density at radius 3 is 2.44 bits per heavy atom. The third-order valence-electron chi connectivity index (χ3n) is 2.78. The van der Waals surface area contributed by atoms with Crippen molar-refractivity contribution in [2.24, 2.45) is 0 Å². The predicted octanol–water partition coefficient (Wildman–Crippen LogP) is 4.51. The first-order chi connectivity index (χ1) is 8.72. The van der Waals surface area contributed by atoms with Gasteiger partial charge in [-0.25, -0.2) is 4.79 Å². The highest BCUT2D eigenvalue weighted by atomic mass is 16.5. The van der Waals surface area contributed by atoms with Crippen molar-refractivity contribution in [3.05, 3.63) is 29.8 Å². The number of carbonyl (C=O) groups is 1. The Labute approximate surface area is 110 Å². The van der Waals surface area contributed by atoms with Gasteiger partial charge < -0.3 is 4.74 Å². The second-order valence-corrected chi connectivity index (χ2v) is 4.54. The molecule has 0 bridgehead atoms. The SMILES string of the molecule is CCCCCCCOC(=O)Nc1ccc(C)cc1. The molecule has 0 aliphatic carbocycles. The Kier molecular flexibility index (Phi) is 6.92. The minimum atomic E-state index is -0.366. The van der Waals surface area contributed by atoms with Crippen molar-refractivity contribution in [3.8, 4) is 0 Å². The van der Waals surface area contributed by atoms with Crippen LogP contribution >= 0.6 is 0 Å². The van der Waals surface area contributed by atoms with E-state index >= 15 is 0 Å². The molecule has 0 radical (unpaired) electrons. The van der Waals surface area contributed by atoms with Gasteiger partial charge in [-0.15, -0.1) is 0 Å². The van der Waals surface area contributed by atoms with Gasteiger partial charge in [-0.05, 0) is 25.5 Å². The lowest BCUT2D eigenvalue weighted by Crippen LogP contribution is -2.14. The van der Waals surface area contributed by atoms with Gasteiger partial charge in [-0.1, -0.05) is 50.3 Å². The average molecular weight is 249 g/mol. The Morgan fingerprint density at radius 1 is 1.11 bits per heavy atom. The second-order valence-electron chi connectivity index (χ2n) is 4.54. The molecule has 3 heteroatoms. The topological polar surface area (TPSA) is 38.3 Å². The van der Waals surface area contributed by atoms with Crippen LogP contribution in [0.3, 0.4) is 0 Å². The standard InChI is InChI=1S/C15H23NO2/c1-3-4-5-6-7-12-18-15(17)16-14-10-8-13(2)9-11-14/h8-11H,3-7,12H2,1-2H3,(H,16,17). The fourth-order valence-electron chi connectivity index (χ4n) is 1.66. The first kappa shape index (κ1) is 14.6. The van der Waals surface area contributed by atoms with E-state index in [1.54, 1.807) is 0 Å². The zero-order valence-corrected chi connectivity index (χ0v) is 11.4. The van der Waals surface area contributed by atoms with E-state index in [4.69, 9.17) is 4.74 Å². The van der Waals surface area contributed by atoms with Crippen molar-refractivity contribution in [1.82, 2.24) is 0 Å². The molecule has 1 N–H and O–H groups in total. The number of hydrogen-bond donors (Lipinski definition) is 1. The summed E-state index contributed by atoms with van der Waals surface area (Å²) in [6.45, 7) is 4.70. The van der Waals surface area contributed by atoms with E-state index in [-0.39, 0.29) is 6.09 Å². The summed E-state index contributed by atoms with van der Waals surface area (Å²) in [5.74, 6) is 0. The minimum absolute atomic E-state index is 0.366. The molecular formula is C15H23NO2. The number of anilines is 1. The van der Waals surface area contributed by atoms with E-state index in [2.05, 4.69) is 12.2 Å². The first-order valence-electron chi connectivity index (χ1n) is 6.73. The van der Waals surface area contributed by atoms with Crippen LogP contribution in [0.4, 0.5) is 10.5 Å². The van der Waals surface area contributed by atoms with Crippen LogP contribution < -0.4 is 5.32 Å². The smallest absolute Gasteiger partial charge is 0.411 e. The number of ether oxygens (including phenoxy) is 1. The summed E-state index contributed by atoms with van der Waals surface area (Å²) in [5, 5.41) is 2.71. The summed E-state index contributed by atoms with van der Waals surface area (Å²) in [4.78, 5) is 11.5. The Bertz CT molecular complexity index is 346. The van der Waals surface area contributed by atoms with Gasteiger partial charge in [-0.3, -0.25) is 5.32 Å². The maximum Gasteiger partial charge on any atom is 0.411 e. The van der Waals surface area contributed by atoms with Crippen LogP contribution in [-0.2, 0) is 4.74 Å². The van der Waals surface area contributed by atoms with Crippen molar-refractivity contribution in [2.75, 3.05) is 11.9 Å². The molecule has 0 aromatic heterocycles. The number of hydrogen-bond acceptors (Lipinski definition) is 2. The van der Waals surface area contributed by atoms with Gasteiger partial charge >= 0.3 is 6.09 Å². The quantitative estimate of drug-likeness (QED) is 0.722. The molecule has 0 atom stereocenters. The van der Waals surface area contributed by atoms with Gasteiger partial charge in [0.25, 0.3) is 0 Å². The Balaban J connectivity index is 2.12. The van der Waals surface area contributed by atoms with E-state index in [1.807, 2.05) is 31.2 Å². The van der Waals surface area contributed by atoms with Gasteiger partial charge in [0, 0.05) is 5.69 Å². The van der Waals surface area contributed by atoms with E-state index < -0.39 is 0 Å². The third-order valence-corrected chi connectivity index (χ3v) is 2.78. The molecule has 1 amide bonds. The lowest BCUT2D eigenvalue weighted by molar-refractivity contribution is 0.159. The molecule has 0 saturated heterocycles. The number of carbonyl (C=O) groups excluding carboxylic acids is 1. The number of amides is 1. The first-order valence-corrected chi connectivity index (χ1v) is 6.73. The van der Waals surface area contributed by atoms with Gasteiger partial charge in [0.05, 0.1) is 6.61 Å². The molecule has 0 unspecified atom stereocenters. The zero-order valence-electron chi connectivity index (χ0n) is 11.4. The molecule has 3 nitrogen and oxygen atoms in total. The molecule has 0 aliphatic rings. The van der Waals surface area contributed by atoms with Crippen LogP contribution in [0.1, 0.15) is 44.6 Å². The molecule has 0 saturated carbocycles. The second kappa shape index (κ2) is 8.56. The molecule has 1 aromatic rings. The normalized spacial score (nSPS) is 10.1. The molecule has 18 heavy (non-hydrogen) atoms. The van der Waals surface area contributed by atoms with Crippen LogP contribution in [0.5, 0.6) is 0 Å². The Hall–Kier alpha value is -1.51. The lowest BCUT2D eigenvalue weighted by Gasteiger charge is -2.07. The van der Waals surface area contributed by atoms with E-state index in [0.717, 1.165) is 18.5 Å². The fourth-order valence-corrected chi connectivity index (χ4v) is 1.66. The molecular weight excluding hydrogens is 226 g/mol. The summed E-state index contributed by atoms with van der Waals surface area (Å²) in [6.07, 6.45) is 5.42. The number of unbranched alkanes of at least 4 members (excludes halogenated alkanes) is 4. The van der Waals surface area contributed by atoms with Crippen LogP contribution in [0, 0.1) is 6.92 Å². The van der Waals surface area contributed by atoms with E-state index in [1.165, 1.54) is 24.8 Å². The van der Waals surface area contributed by atoms with E-state index in [0.29, 0.717) is 6.61 Å². The summed E-state index contributed by atoms with van der Waals surface area (Å²) < 4.78 is 5.11. The maximum absolute atomic E-state index is 11.5. The summed E-state index contributed by atoms with van der Waals surface area (Å²) in [6, 6.07) is 7.66. The predicted molar refractivity (Wildman–Crippen MR) is 74.9 cm³/mol. The van der Waals surface area contributed by atoms with Crippen molar-refractivity contribution >= 4 is 11.8 Å². The monoisotopic (exact) mass is 249 g/mol. The highest BCUT2D eigenvalue weighted by molar-refractivity contribution is 5.84. The largest absolute Gasteiger partial charge is 0.449 e. The van der Waals surface area contributed by atoms with Crippen LogP contribution in [0.2, 0.25) is 0 Å². The Morgan fingerprint density at radius 2 is 1.78 bits per heavy atom.